The van der Waals surface area contributed by atoms with Gasteiger partial charge in [0, 0.05) is 20.0 Å². The molecule has 0 amide bonds. The first-order valence-corrected chi connectivity index (χ1v) is 10.7. The zero-order valence-corrected chi connectivity index (χ0v) is 19.2. The van der Waals surface area contributed by atoms with E-state index in [-0.39, 0.29) is 0 Å². The molecular formula is C23H15ClFIN4O2. The van der Waals surface area contributed by atoms with Gasteiger partial charge in [-0.2, -0.15) is 5.10 Å². The van der Waals surface area contributed by atoms with Crippen LogP contribution in [-0.4, -0.2) is 22.0 Å². The van der Waals surface area contributed by atoms with E-state index in [1.165, 1.54) is 18.3 Å². The zero-order valence-electron chi connectivity index (χ0n) is 16.3. The Hall–Kier alpha value is -3.24. The molecule has 0 spiro atoms. The zero-order chi connectivity index (χ0) is 22.7. The lowest BCUT2D eigenvalue weighted by molar-refractivity contribution is 0.432. The van der Waals surface area contributed by atoms with Crippen LogP contribution in [0.2, 0.25) is 5.02 Å². The summed E-state index contributed by atoms with van der Waals surface area (Å²) >= 11 is 8.30. The minimum absolute atomic E-state index is 0.300. The third-order valence-corrected chi connectivity index (χ3v) is 5.27. The van der Waals surface area contributed by atoms with Crippen LogP contribution in [-0.2, 0) is 0 Å². The summed E-state index contributed by atoms with van der Waals surface area (Å²) < 4.78 is 20.5. The number of ether oxygens (including phenoxy) is 1. The topological polar surface area (TPSA) is 93.1 Å². The van der Waals surface area contributed by atoms with Crippen molar-refractivity contribution in [1.29, 1.82) is 0 Å². The second-order valence-electron chi connectivity index (χ2n) is 6.63. The van der Waals surface area contributed by atoms with Crippen molar-refractivity contribution >= 4 is 62.7 Å². The van der Waals surface area contributed by atoms with Gasteiger partial charge in [0.15, 0.2) is 11.6 Å². The van der Waals surface area contributed by atoms with Gasteiger partial charge in [-0.05, 0) is 77.2 Å². The van der Waals surface area contributed by atoms with Crippen molar-refractivity contribution in [2.45, 2.75) is 0 Å². The summed E-state index contributed by atoms with van der Waals surface area (Å²) in [5.74, 6) is 5.56. The van der Waals surface area contributed by atoms with Crippen molar-refractivity contribution in [3.8, 4) is 17.2 Å². The number of nitrogens with zero attached hydrogens (tertiary/aromatic N) is 3. The molecule has 0 saturated heterocycles. The standard InChI is InChI=1S/C23H15ClFIN4O2/c24-13-8-14(26)10-16(9-13)32-23-3-1-2-19-17(23)5-6-20(29-19)21(30-27)12-28-15-4-7-22(31)18(25)11-15/h1-12,31H,27H2. The van der Waals surface area contributed by atoms with E-state index in [2.05, 4.69) is 37.7 Å². The Kier molecular flexibility index (Phi) is 6.52. The molecule has 4 aromatic rings. The highest BCUT2D eigenvalue weighted by molar-refractivity contribution is 14.1. The van der Waals surface area contributed by atoms with Gasteiger partial charge in [-0.3, -0.25) is 4.99 Å². The van der Waals surface area contributed by atoms with Crippen LogP contribution in [0.1, 0.15) is 5.69 Å². The minimum Gasteiger partial charge on any atom is -0.505 e. The Bertz CT molecular complexity index is 1360. The van der Waals surface area contributed by atoms with Crippen molar-refractivity contribution in [2.24, 2.45) is 15.9 Å². The molecule has 4 rings (SSSR count). The van der Waals surface area contributed by atoms with Gasteiger partial charge in [-0.1, -0.05) is 17.7 Å². The highest BCUT2D eigenvalue weighted by Gasteiger charge is 2.10. The summed E-state index contributed by atoms with van der Waals surface area (Å²) in [4.78, 5) is 8.76. The van der Waals surface area contributed by atoms with Gasteiger partial charge in [0.1, 0.15) is 17.2 Å². The summed E-state index contributed by atoms with van der Waals surface area (Å²) in [5.41, 5.74) is 1.75. The molecule has 0 aliphatic carbocycles. The number of pyridine rings is 1. The molecular weight excluding hydrogens is 546 g/mol. The first kappa shape index (κ1) is 22.0. The maximum Gasteiger partial charge on any atom is 0.166 e. The van der Waals surface area contributed by atoms with Crippen molar-refractivity contribution in [3.05, 3.63) is 86.8 Å². The number of benzene rings is 3. The fraction of sp³-hybridized carbons (Fsp3) is 0. The van der Waals surface area contributed by atoms with Gasteiger partial charge in [0.25, 0.3) is 0 Å². The molecule has 160 valence electrons. The van der Waals surface area contributed by atoms with E-state index in [1.807, 2.05) is 36.4 Å². The number of aromatic hydroxyl groups is 1. The molecule has 0 aliphatic rings. The lowest BCUT2D eigenvalue weighted by Crippen LogP contribution is -2.08. The Balaban J connectivity index is 1.64. The molecule has 3 aromatic carbocycles. The minimum atomic E-state index is -0.767. The first-order valence-electron chi connectivity index (χ1n) is 9.27. The Morgan fingerprint density at radius 2 is 1.97 bits per heavy atom. The number of fused-ring (bicyclic) bond motifs is 1. The fourth-order valence-electron chi connectivity index (χ4n) is 2.95. The van der Waals surface area contributed by atoms with Crippen LogP contribution < -0.4 is 10.6 Å². The molecule has 0 fully saturated rings. The average molecular weight is 561 g/mol. The predicted molar refractivity (Wildman–Crippen MR) is 133 cm³/mol. The Morgan fingerprint density at radius 3 is 2.72 bits per heavy atom. The van der Waals surface area contributed by atoms with E-state index in [1.54, 1.807) is 12.1 Å². The van der Waals surface area contributed by atoms with Crippen LogP contribution in [0.5, 0.6) is 17.2 Å². The van der Waals surface area contributed by atoms with Crippen LogP contribution in [0.3, 0.4) is 0 Å². The summed E-state index contributed by atoms with van der Waals surface area (Å²) in [6.07, 6.45) is 1.38. The summed E-state index contributed by atoms with van der Waals surface area (Å²) in [5, 5.41) is 14.4. The summed E-state index contributed by atoms with van der Waals surface area (Å²) in [6.45, 7) is 0. The van der Waals surface area contributed by atoms with Crippen LogP contribution in [0.25, 0.3) is 10.9 Å². The van der Waals surface area contributed by atoms with E-state index in [0.29, 0.717) is 39.1 Å². The Labute approximate surface area is 201 Å². The van der Waals surface area contributed by atoms with Gasteiger partial charge in [0.2, 0.25) is 0 Å². The molecule has 1 heterocycles. The highest BCUT2D eigenvalue weighted by Crippen LogP contribution is 2.31. The van der Waals surface area contributed by atoms with Crippen LogP contribution in [0.15, 0.2) is 76.8 Å². The molecule has 3 N–H and O–H groups in total. The average Bonchev–Trinajstić information content (AvgIpc) is 2.76. The first-order chi connectivity index (χ1) is 15.4. The monoisotopic (exact) mass is 560 g/mol. The van der Waals surface area contributed by atoms with Crippen LogP contribution >= 0.6 is 34.2 Å². The van der Waals surface area contributed by atoms with Crippen molar-refractivity contribution in [3.63, 3.8) is 0 Å². The smallest absolute Gasteiger partial charge is 0.166 e. The Morgan fingerprint density at radius 1 is 1.12 bits per heavy atom. The number of phenols is 1. The number of aliphatic imine (C=N–C) groups is 1. The van der Waals surface area contributed by atoms with Gasteiger partial charge in [-0.15, -0.1) is 0 Å². The number of phenolic OH excluding ortho intramolecular Hbond substituents is 1. The van der Waals surface area contributed by atoms with Crippen LogP contribution in [0.4, 0.5) is 10.1 Å². The van der Waals surface area contributed by atoms with Gasteiger partial charge in [0.05, 0.1) is 23.1 Å². The molecule has 6 nitrogen and oxygen atoms in total. The quantitative estimate of drug-likeness (QED) is 0.132. The van der Waals surface area contributed by atoms with Crippen molar-refractivity contribution in [1.82, 2.24) is 4.98 Å². The maximum absolute atomic E-state index is 13.5. The number of rotatable bonds is 5. The van der Waals surface area contributed by atoms with Gasteiger partial charge < -0.3 is 15.7 Å². The molecule has 9 heteroatoms. The number of hydrogen-bond donors (Lipinski definition) is 2. The van der Waals surface area contributed by atoms with E-state index in [4.69, 9.17) is 22.2 Å². The third-order valence-electron chi connectivity index (χ3n) is 4.42. The molecule has 0 atom stereocenters. The SMILES string of the molecule is NN=C(C=Nc1ccc(O)c(F)c1)c1ccc2c(Oc3cc(Cl)cc(I)c3)cccc2n1. The lowest BCUT2D eigenvalue weighted by Gasteiger charge is -2.10. The summed E-state index contributed by atoms with van der Waals surface area (Å²) in [7, 11) is 0. The van der Waals surface area contributed by atoms with E-state index < -0.39 is 11.6 Å². The number of nitrogens with two attached hydrogens (primary N) is 1. The predicted octanol–water partition coefficient (Wildman–Crippen LogP) is 6.20. The van der Waals surface area contributed by atoms with E-state index in [9.17, 15) is 9.50 Å². The number of hydrogen-bond acceptors (Lipinski definition) is 6. The summed E-state index contributed by atoms with van der Waals surface area (Å²) in [6, 6.07) is 18.4. The number of hydrazone groups is 1. The molecule has 0 radical (unpaired) electrons. The molecule has 1 aromatic heterocycles. The molecule has 0 aliphatic heterocycles. The molecule has 0 saturated carbocycles. The second-order valence-corrected chi connectivity index (χ2v) is 8.32. The van der Waals surface area contributed by atoms with E-state index >= 15 is 0 Å². The maximum atomic E-state index is 13.5. The third kappa shape index (κ3) is 4.97. The lowest BCUT2D eigenvalue weighted by atomic mass is 10.1. The number of halogens is 3. The van der Waals surface area contributed by atoms with Crippen LogP contribution in [0, 0.1) is 9.39 Å². The van der Waals surface area contributed by atoms with Gasteiger partial charge in [-0.25, -0.2) is 9.37 Å². The second kappa shape index (κ2) is 9.49. The van der Waals surface area contributed by atoms with Crippen molar-refractivity contribution < 1.29 is 14.2 Å². The van der Waals surface area contributed by atoms with Crippen molar-refractivity contribution in [2.75, 3.05) is 0 Å². The molecule has 0 unspecified atom stereocenters. The highest BCUT2D eigenvalue weighted by atomic mass is 127. The fourth-order valence-corrected chi connectivity index (χ4v) is 4.00. The molecule has 32 heavy (non-hydrogen) atoms. The van der Waals surface area contributed by atoms with Gasteiger partial charge >= 0.3 is 0 Å². The normalized spacial score (nSPS) is 11.9. The molecule has 0 bridgehead atoms. The van der Waals surface area contributed by atoms with E-state index in [0.717, 1.165) is 15.0 Å². The largest absolute Gasteiger partial charge is 0.505 e. The number of aromatic nitrogens is 1.